The molecule has 0 spiro atoms. The Hall–Kier alpha value is -3.45. The van der Waals surface area contributed by atoms with E-state index in [1.54, 1.807) is 23.6 Å². The van der Waals surface area contributed by atoms with Gasteiger partial charge in [0.2, 0.25) is 11.7 Å². The Morgan fingerprint density at radius 3 is 2.63 bits per heavy atom. The summed E-state index contributed by atoms with van der Waals surface area (Å²) >= 11 is 6.14. The first kappa shape index (κ1) is 19.8. The van der Waals surface area contributed by atoms with Crippen LogP contribution in [0.5, 0.6) is 0 Å². The molecule has 0 radical (unpaired) electrons. The average molecular weight is 422 g/mol. The van der Waals surface area contributed by atoms with Crippen LogP contribution in [0.2, 0.25) is 5.02 Å². The van der Waals surface area contributed by atoms with Gasteiger partial charge in [-0.3, -0.25) is 9.59 Å². The van der Waals surface area contributed by atoms with Crippen molar-refractivity contribution in [2.45, 2.75) is 27.3 Å². The fourth-order valence-corrected chi connectivity index (χ4v) is 3.40. The van der Waals surface area contributed by atoms with Gasteiger partial charge < -0.3 is 9.88 Å². The van der Waals surface area contributed by atoms with Crippen LogP contribution in [0.15, 0.2) is 53.3 Å². The molecule has 1 N–H and O–H groups in total. The minimum absolute atomic E-state index is 0.0208. The van der Waals surface area contributed by atoms with Crippen LogP contribution in [0.3, 0.4) is 0 Å². The van der Waals surface area contributed by atoms with Crippen LogP contribution in [0.25, 0.3) is 17.2 Å². The van der Waals surface area contributed by atoms with Crippen molar-refractivity contribution in [2.24, 2.45) is 0 Å². The highest BCUT2D eigenvalue weighted by Crippen LogP contribution is 2.20. The number of benzene rings is 2. The lowest BCUT2D eigenvalue weighted by Crippen LogP contribution is -2.25. The molecule has 2 aromatic heterocycles. The zero-order chi connectivity index (χ0) is 21.4. The Kier molecular flexibility index (Phi) is 5.13. The topological polar surface area (TPSA) is 81.3 Å². The standard InChI is InChI=1S/C22H20ClN5O2/c1-13-5-4-6-16(9-13)21-25-22-27(15(3)10-20(30)28(22)26-21)12-19(29)24-17-8-7-14(2)18(23)11-17/h4-11H,12H2,1-3H3,(H,24,29). The van der Waals surface area contributed by atoms with Gasteiger partial charge in [-0.15, -0.1) is 5.10 Å². The maximum Gasteiger partial charge on any atom is 0.275 e. The lowest BCUT2D eigenvalue weighted by atomic mass is 10.1. The molecule has 8 heteroatoms. The van der Waals surface area contributed by atoms with Crippen molar-refractivity contribution in [3.05, 3.63) is 80.7 Å². The molecule has 152 valence electrons. The summed E-state index contributed by atoms with van der Waals surface area (Å²) in [6.07, 6.45) is 0. The molecular formula is C22H20ClN5O2. The van der Waals surface area contributed by atoms with E-state index in [4.69, 9.17) is 11.6 Å². The number of halogens is 1. The number of carbonyl (C=O) groups is 1. The van der Waals surface area contributed by atoms with E-state index in [1.807, 2.05) is 44.2 Å². The summed E-state index contributed by atoms with van der Waals surface area (Å²) in [5.41, 5.74) is 3.73. The molecule has 1 amide bonds. The highest BCUT2D eigenvalue weighted by Gasteiger charge is 2.16. The van der Waals surface area contributed by atoms with Crippen LogP contribution in [0, 0.1) is 20.8 Å². The molecule has 0 saturated carbocycles. The van der Waals surface area contributed by atoms with E-state index >= 15 is 0 Å². The maximum absolute atomic E-state index is 12.7. The molecule has 7 nitrogen and oxygen atoms in total. The largest absolute Gasteiger partial charge is 0.324 e. The van der Waals surface area contributed by atoms with Gasteiger partial charge in [0.1, 0.15) is 6.54 Å². The number of aryl methyl sites for hydroxylation is 3. The molecule has 0 aliphatic carbocycles. The minimum Gasteiger partial charge on any atom is -0.324 e. The Bertz CT molecular complexity index is 1340. The molecule has 0 aliphatic heterocycles. The number of fused-ring (bicyclic) bond motifs is 1. The minimum atomic E-state index is -0.295. The van der Waals surface area contributed by atoms with E-state index in [2.05, 4.69) is 15.4 Å². The van der Waals surface area contributed by atoms with Gasteiger partial charge in [-0.05, 0) is 44.5 Å². The third kappa shape index (κ3) is 3.84. The van der Waals surface area contributed by atoms with Gasteiger partial charge in [-0.25, -0.2) is 0 Å². The van der Waals surface area contributed by atoms with Crippen molar-refractivity contribution in [3.63, 3.8) is 0 Å². The number of hydrogen-bond acceptors (Lipinski definition) is 4. The van der Waals surface area contributed by atoms with E-state index in [-0.39, 0.29) is 18.0 Å². The number of nitrogens with zero attached hydrogens (tertiary/aromatic N) is 4. The first-order chi connectivity index (χ1) is 14.3. The van der Waals surface area contributed by atoms with E-state index in [0.29, 0.717) is 28.0 Å². The fraction of sp³-hybridized carbons (Fsp3) is 0.182. The summed E-state index contributed by atoms with van der Waals surface area (Å²) in [4.78, 5) is 29.7. The first-order valence-corrected chi connectivity index (χ1v) is 9.80. The van der Waals surface area contributed by atoms with Crippen molar-refractivity contribution in [1.82, 2.24) is 19.2 Å². The molecule has 0 saturated heterocycles. The van der Waals surface area contributed by atoms with E-state index in [1.165, 1.54) is 10.6 Å². The second kappa shape index (κ2) is 7.76. The molecule has 0 atom stereocenters. The van der Waals surface area contributed by atoms with Crippen molar-refractivity contribution in [3.8, 4) is 11.4 Å². The predicted octanol–water partition coefficient (Wildman–Crippen LogP) is 3.78. The molecule has 4 aromatic rings. The van der Waals surface area contributed by atoms with Crippen molar-refractivity contribution >= 4 is 29.0 Å². The average Bonchev–Trinajstić information content (AvgIpc) is 3.14. The van der Waals surface area contributed by atoms with E-state index < -0.39 is 0 Å². The Morgan fingerprint density at radius 2 is 1.90 bits per heavy atom. The highest BCUT2D eigenvalue weighted by molar-refractivity contribution is 6.31. The Labute approximate surface area is 178 Å². The molecule has 2 aromatic carbocycles. The third-order valence-corrected chi connectivity index (χ3v) is 5.24. The third-order valence-electron chi connectivity index (χ3n) is 4.83. The number of anilines is 1. The molecule has 2 heterocycles. The lowest BCUT2D eigenvalue weighted by Gasteiger charge is -2.12. The van der Waals surface area contributed by atoms with E-state index in [9.17, 15) is 9.59 Å². The number of carbonyl (C=O) groups excluding carboxylic acids is 1. The van der Waals surface area contributed by atoms with Crippen LogP contribution < -0.4 is 10.9 Å². The summed E-state index contributed by atoms with van der Waals surface area (Å²) in [6.45, 7) is 5.61. The number of nitrogens with one attached hydrogen (secondary N) is 1. The lowest BCUT2D eigenvalue weighted by molar-refractivity contribution is -0.116. The van der Waals surface area contributed by atoms with Gasteiger partial charge in [0.05, 0.1) is 0 Å². The summed E-state index contributed by atoms with van der Waals surface area (Å²) in [6, 6.07) is 14.5. The highest BCUT2D eigenvalue weighted by atomic mass is 35.5. The smallest absolute Gasteiger partial charge is 0.275 e. The van der Waals surface area contributed by atoms with Crippen LogP contribution in [0.1, 0.15) is 16.8 Å². The quantitative estimate of drug-likeness (QED) is 0.543. The SMILES string of the molecule is Cc1cccc(-c2nc3n(CC(=O)Nc4ccc(C)c(Cl)c4)c(C)cc(=O)n3n2)c1. The summed E-state index contributed by atoms with van der Waals surface area (Å²) < 4.78 is 2.89. The van der Waals surface area contributed by atoms with Gasteiger partial charge in [0.25, 0.3) is 5.56 Å². The Balaban J connectivity index is 1.70. The number of rotatable bonds is 4. The number of amides is 1. The van der Waals surface area contributed by atoms with Gasteiger partial charge in [-0.1, -0.05) is 41.4 Å². The molecule has 30 heavy (non-hydrogen) atoms. The fourth-order valence-electron chi connectivity index (χ4n) is 3.22. The predicted molar refractivity (Wildman–Crippen MR) is 117 cm³/mol. The molecule has 0 unspecified atom stereocenters. The van der Waals surface area contributed by atoms with Gasteiger partial charge in [0, 0.05) is 28.0 Å². The zero-order valence-corrected chi connectivity index (χ0v) is 17.6. The summed E-state index contributed by atoms with van der Waals surface area (Å²) in [5.74, 6) is 0.484. The summed E-state index contributed by atoms with van der Waals surface area (Å²) in [7, 11) is 0. The number of hydrogen-bond donors (Lipinski definition) is 1. The normalized spacial score (nSPS) is 11.1. The Morgan fingerprint density at radius 1 is 1.10 bits per heavy atom. The van der Waals surface area contributed by atoms with Crippen LogP contribution in [-0.4, -0.2) is 25.1 Å². The second-order valence-electron chi connectivity index (χ2n) is 7.24. The molecule has 0 bridgehead atoms. The molecule has 0 aliphatic rings. The monoisotopic (exact) mass is 421 g/mol. The van der Waals surface area contributed by atoms with Gasteiger partial charge in [-0.2, -0.15) is 9.50 Å². The van der Waals surface area contributed by atoms with Crippen molar-refractivity contribution in [2.75, 3.05) is 5.32 Å². The van der Waals surface area contributed by atoms with Crippen molar-refractivity contribution < 1.29 is 4.79 Å². The maximum atomic E-state index is 12.7. The number of aromatic nitrogens is 4. The zero-order valence-electron chi connectivity index (χ0n) is 16.8. The van der Waals surface area contributed by atoms with Gasteiger partial charge in [0.15, 0.2) is 5.82 Å². The van der Waals surface area contributed by atoms with Crippen LogP contribution in [-0.2, 0) is 11.3 Å². The first-order valence-electron chi connectivity index (χ1n) is 9.42. The van der Waals surface area contributed by atoms with Crippen LogP contribution >= 0.6 is 11.6 Å². The van der Waals surface area contributed by atoms with Crippen molar-refractivity contribution in [1.29, 1.82) is 0 Å². The second-order valence-corrected chi connectivity index (χ2v) is 7.65. The van der Waals surface area contributed by atoms with Gasteiger partial charge >= 0.3 is 0 Å². The van der Waals surface area contributed by atoms with E-state index in [0.717, 1.165) is 16.7 Å². The molecular weight excluding hydrogens is 402 g/mol. The summed E-state index contributed by atoms with van der Waals surface area (Å²) in [5, 5.41) is 7.77. The molecule has 0 fully saturated rings. The molecule has 4 rings (SSSR count). The van der Waals surface area contributed by atoms with Crippen LogP contribution in [0.4, 0.5) is 5.69 Å².